The number of furan rings is 1. The molecule has 9 heteroatoms. The van der Waals surface area contributed by atoms with E-state index in [0.717, 1.165) is 22.3 Å². The highest BCUT2D eigenvalue weighted by Gasteiger charge is 2.31. The van der Waals surface area contributed by atoms with Gasteiger partial charge in [-0.15, -0.1) is 0 Å². The molecule has 0 saturated heterocycles. The number of hydrogen-bond donors (Lipinski definition) is 2. The minimum absolute atomic E-state index is 0.0596. The van der Waals surface area contributed by atoms with Gasteiger partial charge in [0, 0.05) is 13.0 Å². The van der Waals surface area contributed by atoms with E-state index in [1.165, 1.54) is 11.9 Å². The number of amides is 2. The number of carboxylic acid groups (broad SMARTS) is 1. The maximum Gasteiger partial charge on any atom is 0.407 e. The molecule has 1 atom stereocenters. The Balaban J connectivity index is 1.41. The van der Waals surface area contributed by atoms with Crippen molar-refractivity contribution in [3.8, 4) is 11.1 Å². The Morgan fingerprint density at radius 3 is 2.24 bits per heavy atom. The molecule has 2 N–H and O–H groups in total. The van der Waals surface area contributed by atoms with Gasteiger partial charge in [-0.2, -0.15) is 0 Å². The molecule has 1 unspecified atom stereocenters. The van der Waals surface area contributed by atoms with E-state index in [1.54, 1.807) is 12.1 Å². The van der Waals surface area contributed by atoms with Gasteiger partial charge in [0.1, 0.15) is 18.4 Å². The largest absolute Gasteiger partial charge is 0.481 e. The average molecular weight is 527 g/mol. The molecule has 4 rings (SSSR count). The van der Waals surface area contributed by atoms with E-state index in [-0.39, 0.29) is 19.1 Å². The standard InChI is InChI=1S/C25H23BrN2O6/c1-28(13-15-10-11-22(26)34-15)24(31)21(12-23(29)30)27-25(32)33-14-20-18-8-4-2-6-16(18)17-7-3-5-9-19(17)20/h2-11,20-21H,12-14H2,1H3,(H,27,32)(H,29,30). The number of benzene rings is 2. The fourth-order valence-corrected chi connectivity index (χ4v) is 4.51. The van der Waals surface area contributed by atoms with Gasteiger partial charge in [-0.1, -0.05) is 48.5 Å². The minimum Gasteiger partial charge on any atom is -0.481 e. The predicted molar refractivity (Wildman–Crippen MR) is 127 cm³/mol. The maximum absolute atomic E-state index is 12.9. The first-order valence-electron chi connectivity index (χ1n) is 10.7. The van der Waals surface area contributed by atoms with Gasteiger partial charge in [0.15, 0.2) is 4.67 Å². The summed E-state index contributed by atoms with van der Waals surface area (Å²) in [4.78, 5) is 38.1. The van der Waals surface area contributed by atoms with E-state index < -0.39 is 30.4 Å². The number of carbonyl (C=O) groups excluding carboxylic acids is 2. The normalized spacial score (nSPS) is 13.0. The van der Waals surface area contributed by atoms with Crippen molar-refractivity contribution in [3.63, 3.8) is 0 Å². The highest BCUT2D eigenvalue weighted by Crippen LogP contribution is 2.44. The number of likely N-dealkylation sites (N-methyl/N-ethyl adjacent to an activating group) is 1. The van der Waals surface area contributed by atoms with Gasteiger partial charge in [-0.25, -0.2) is 4.79 Å². The number of nitrogens with zero attached hydrogens (tertiary/aromatic N) is 1. The van der Waals surface area contributed by atoms with Gasteiger partial charge in [0.2, 0.25) is 5.91 Å². The topological polar surface area (TPSA) is 109 Å². The Bertz CT molecular complexity index is 1180. The van der Waals surface area contributed by atoms with Gasteiger partial charge < -0.3 is 24.5 Å². The zero-order valence-electron chi connectivity index (χ0n) is 18.4. The van der Waals surface area contributed by atoms with Crippen molar-refractivity contribution in [3.05, 3.63) is 82.2 Å². The quantitative estimate of drug-likeness (QED) is 0.450. The lowest BCUT2D eigenvalue weighted by Gasteiger charge is -2.23. The van der Waals surface area contributed by atoms with Crippen molar-refractivity contribution < 1.29 is 28.6 Å². The summed E-state index contributed by atoms with van der Waals surface area (Å²) in [5.74, 6) is -1.42. The van der Waals surface area contributed by atoms with Crippen LogP contribution in [-0.4, -0.2) is 47.7 Å². The third-order valence-corrected chi connectivity index (χ3v) is 6.14. The van der Waals surface area contributed by atoms with Gasteiger partial charge >= 0.3 is 12.1 Å². The van der Waals surface area contributed by atoms with E-state index in [0.29, 0.717) is 10.4 Å². The molecule has 1 heterocycles. The average Bonchev–Trinajstić information content (AvgIpc) is 3.37. The molecule has 0 aliphatic heterocycles. The van der Waals surface area contributed by atoms with Crippen molar-refractivity contribution in [2.45, 2.75) is 24.9 Å². The number of carboxylic acids is 1. The summed E-state index contributed by atoms with van der Waals surface area (Å²) in [5.41, 5.74) is 4.30. The fourth-order valence-electron chi connectivity index (χ4n) is 4.17. The number of hydrogen-bond acceptors (Lipinski definition) is 5. The summed E-state index contributed by atoms with van der Waals surface area (Å²) < 4.78 is 11.4. The summed E-state index contributed by atoms with van der Waals surface area (Å²) in [7, 11) is 1.51. The van der Waals surface area contributed by atoms with Crippen LogP contribution < -0.4 is 5.32 Å². The molecule has 176 valence electrons. The first-order valence-corrected chi connectivity index (χ1v) is 11.4. The molecule has 34 heavy (non-hydrogen) atoms. The molecule has 1 aromatic heterocycles. The Labute approximate surface area is 204 Å². The van der Waals surface area contributed by atoms with Crippen LogP contribution in [0.25, 0.3) is 11.1 Å². The van der Waals surface area contributed by atoms with Gasteiger partial charge in [-0.05, 0) is 50.3 Å². The van der Waals surface area contributed by atoms with Crippen molar-refractivity contribution in [2.75, 3.05) is 13.7 Å². The van der Waals surface area contributed by atoms with Gasteiger partial charge in [0.25, 0.3) is 0 Å². The first kappa shape index (κ1) is 23.6. The summed E-state index contributed by atoms with van der Waals surface area (Å²) in [5, 5.41) is 11.7. The Hall–Kier alpha value is -3.59. The molecule has 1 aliphatic rings. The molecule has 1 aliphatic carbocycles. The van der Waals surface area contributed by atoms with Crippen LogP contribution in [0.1, 0.15) is 29.2 Å². The van der Waals surface area contributed by atoms with E-state index in [2.05, 4.69) is 21.2 Å². The van der Waals surface area contributed by atoms with Crippen LogP contribution in [0.4, 0.5) is 4.79 Å². The zero-order chi connectivity index (χ0) is 24.2. The molecule has 0 bridgehead atoms. The number of alkyl carbamates (subject to hydrolysis) is 1. The monoisotopic (exact) mass is 526 g/mol. The molecule has 8 nitrogen and oxygen atoms in total. The van der Waals surface area contributed by atoms with Crippen LogP contribution in [0.5, 0.6) is 0 Å². The number of carbonyl (C=O) groups is 3. The van der Waals surface area contributed by atoms with Gasteiger partial charge in [0.05, 0.1) is 13.0 Å². The van der Waals surface area contributed by atoms with Crippen LogP contribution in [0, 0.1) is 0 Å². The van der Waals surface area contributed by atoms with E-state index in [9.17, 15) is 19.5 Å². The second kappa shape index (κ2) is 10.1. The highest BCUT2D eigenvalue weighted by molar-refractivity contribution is 9.10. The Morgan fingerprint density at radius 1 is 1.06 bits per heavy atom. The SMILES string of the molecule is CN(Cc1ccc(Br)o1)C(=O)C(CC(=O)O)NC(=O)OCC1c2ccccc2-c2ccccc21. The maximum atomic E-state index is 12.9. The molecule has 0 radical (unpaired) electrons. The van der Waals surface area contributed by atoms with Crippen LogP contribution >= 0.6 is 15.9 Å². The van der Waals surface area contributed by atoms with Crippen molar-refractivity contribution in [1.29, 1.82) is 0 Å². The molecule has 0 saturated carbocycles. The molecular weight excluding hydrogens is 504 g/mol. The number of fused-ring (bicyclic) bond motifs is 3. The second-order valence-electron chi connectivity index (χ2n) is 8.02. The molecule has 3 aromatic rings. The third-order valence-electron chi connectivity index (χ3n) is 5.71. The van der Waals surface area contributed by atoms with Crippen LogP contribution in [0.3, 0.4) is 0 Å². The van der Waals surface area contributed by atoms with Crippen molar-refractivity contribution in [1.82, 2.24) is 10.2 Å². The number of ether oxygens (including phenoxy) is 1. The van der Waals surface area contributed by atoms with Gasteiger partial charge in [-0.3, -0.25) is 9.59 Å². The smallest absolute Gasteiger partial charge is 0.407 e. The molecule has 2 aromatic carbocycles. The number of rotatable bonds is 8. The van der Waals surface area contributed by atoms with E-state index in [1.807, 2.05) is 48.5 Å². The Morgan fingerprint density at radius 2 is 1.68 bits per heavy atom. The van der Waals surface area contributed by atoms with Crippen LogP contribution in [0.15, 0.2) is 69.8 Å². The zero-order valence-corrected chi connectivity index (χ0v) is 19.9. The van der Waals surface area contributed by atoms with Crippen LogP contribution in [-0.2, 0) is 20.9 Å². The molecule has 0 fully saturated rings. The van der Waals surface area contributed by atoms with Crippen LogP contribution in [0.2, 0.25) is 0 Å². The lowest BCUT2D eigenvalue weighted by Crippen LogP contribution is -2.48. The third kappa shape index (κ3) is 5.14. The molecular formula is C25H23BrN2O6. The van der Waals surface area contributed by atoms with E-state index >= 15 is 0 Å². The number of aliphatic carboxylic acids is 1. The predicted octanol–water partition coefficient (Wildman–Crippen LogP) is 4.38. The summed E-state index contributed by atoms with van der Waals surface area (Å²) in [6.07, 6.45) is -1.43. The minimum atomic E-state index is -1.28. The first-order chi connectivity index (χ1) is 16.3. The number of halogens is 1. The molecule has 0 spiro atoms. The lowest BCUT2D eigenvalue weighted by atomic mass is 9.98. The summed E-state index contributed by atoms with van der Waals surface area (Å²) in [6.45, 7) is 0.178. The van der Waals surface area contributed by atoms with Crippen molar-refractivity contribution >= 4 is 33.9 Å². The Kier molecular flexibility index (Phi) is 7.02. The summed E-state index contributed by atoms with van der Waals surface area (Å²) >= 11 is 3.20. The second-order valence-corrected chi connectivity index (χ2v) is 8.80. The highest BCUT2D eigenvalue weighted by atomic mass is 79.9. The lowest BCUT2D eigenvalue weighted by molar-refractivity contribution is -0.142. The number of nitrogens with one attached hydrogen (secondary N) is 1. The van der Waals surface area contributed by atoms with Crippen molar-refractivity contribution in [2.24, 2.45) is 0 Å². The van der Waals surface area contributed by atoms with E-state index in [4.69, 9.17) is 9.15 Å². The molecule has 2 amide bonds. The summed E-state index contributed by atoms with van der Waals surface area (Å²) in [6, 6.07) is 18.0. The fraction of sp³-hybridized carbons (Fsp3) is 0.240.